The van der Waals surface area contributed by atoms with Crippen LogP contribution in [-0.4, -0.2) is 37.0 Å². The largest absolute Gasteiger partial charge is 0.496 e. The van der Waals surface area contributed by atoms with Gasteiger partial charge in [0.1, 0.15) is 11.6 Å². The number of hydrogen-bond donors (Lipinski definition) is 0. The zero-order valence-electron chi connectivity index (χ0n) is 20.1. The van der Waals surface area contributed by atoms with Gasteiger partial charge in [-0.1, -0.05) is 163 Å². The molecule has 2 heterocycles. The SMILES string of the molecule is COc1ccc(-c2nc(C(Cl)(Cl)Cl)nc(C(Cl)(Cl)Cl)n2)c2ccccc12.Cc1nc(C(Cl)(Cl)Cl)nc(C(Cl)(Cl)Cl)n1. The van der Waals surface area contributed by atoms with Crippen LogP contribution in [0.4, 0.5) is 0 Å². The maximum Gasteiger partial charge on any atom is 0.250 e. The summed E-state index contributed by atoms with van der Waals surface area (Å²) in [5, 5.41) is 1.68. The van der Waals surface area contributed by atoms with Gasteiger partial charge in [0.2, 0.25) is 15.2 Å². The average Bonchev–Trinajstić information content (AvgIpc) is 2.85. The number of halogens is 12. The summed E-state index contributed by atoms with van der Waals surface area (Å²) in [4.78, 5) is 23.9. The van der Waals surface area contributed by atoms with E-state index in [0.717, 1.165) is 10.8 Å². The molecule has 0 aliphatic heterocycles. The van der Waals surface area contributed by atoms with Crippen molar-refractivity contribution in [3.05, 3.63) is 65.5 Å². The van der Waals surface area contributed by atoms with Gasteiger partial charge in [0.25, 0.3) is 0 Å². The summed E-state index contributed by atoms with van der Waals surface area (Å²) in [6.45, 7) is 1.57. The third-order valence-electron chi connectivity index (χ3n) is 4.74. The number of alkyl halides is 12. The van der Waals surface area contributed by atoms with Crippen LogP contribution in [0.1, 0.15) is 29.1 Å². The molecule has 220 valence electrons. The second-order valence-corrected chi connectivity index (χ2v) is 16.8. The van der Waals surface area contributed by atoms with Crippen LogP contribution in [0.2, 0.25) is 0 Å². The van der Waals surface area contributed by atoms with Crippen molar-refractivity contribution >= 4 is 150 Å². The number of fused-ring (bicyclic) bond motifs is 1. The Bertz CT molecular complexity index is 1480. The molecule has 41 heavy (non-hydrogen) atoms. The highest BCUT2D eigenvalue weighted by atomic mass is 35.6. The number of rotatable bonds is 2. The van der Waals surface area contributed by atoms with Crippen LogP contribution >= 0.6 is 139 Å². The molecule has 2 aromatic carbocycles. The predicted octanol–water partition coefficient (Wildman–Crippen LogP) is 10.2. The summed E-state index contributed by atoms with van der Waals surface area (Å²) in [5.74, 6) is 0.751. The number of hydrogen-bond acceptors (Lipinski definition) is 7. The van der Waals surface area contributed by atoms with Crippen molar-refractivity contribution in [1.82, 2.24) is 29.9 Å². The molecular formula is C22H12Cl12N6O. The molecule has 0 bridgehead atoms. The van der Waals surface area contributed by atoms with Crippen LogP contribution in [0.25, 0.3) is 22.2 Å². The van der Waals surface area contributed by atoms with E-state index in [4.69, 9.17) is 144 Å². The van der Waals surface area contributed by atoms with Crippen molar-refractivity contribution in [1.29, 1.82) is 0 Å². The van der Waals surface area contributed by atoms with E-state index in [2.05, 4.69) is 29.9 Å². The highest BCUT2D eigenvalue weighted by molar-refractivity contribution is 6.68. The van der Waals surface area contributed by atoms with Crippen molar-refractivity contribution in [2.45, 2.75) is 22.1 Å². The van der Waals surface area contributed by atoms with E-state index in [1.807, 2.05) is 24.3 Å². The van der Waals surface area contributed by atoms with Crippen LogP contribution in [0, 0.1) is 6.92 Å². The first-order valence-corrected chi connectivity index (χ1v) is 15.1. The first kappa shape index (κ1) is 35.5. The maximum atomic E-state index is 5.93. The lowest BCUT2D eigenvalue weighted by molar-refractivity contribution is 0.420. The Labute approximate surface area is 293 Å². The van der Waals surface area contributed by atoms with E-state index in [0.29, 0.717) is 17.1 Å². The monoisotopic (exact) mass is 796 g/mol. The molecule has 19 heteroatoms. The highest BCUT2D eigenvalue weighted by Gasteiger charge is 2.35. The number of methoxy groups -OCH3 is 1. The molecule has 0 aliphatic carbocycles. The first-order valence-electron chi connectivity index (χ1n) is 10.6. The first-order chi connectivity index (χ1) is 18.7. The van der Waals surface area contributed by atoms with E-state index in [-0.39, 0.29) is 29.1 Å². The van der Waals surface area contributed by atoms with Gasteiger partial charge >= 0.3 is 0 Å². The van der Waals surface area contributed by atoms with Crippen LogP contribution < -0.4 is 4.74 Å². The van der Waals surface area contributed by atoms with E-state index in [9.17, 15) is 0 Å². The van der Waals surface area contributed by atoms with Gasteiger partial charge < -0.3 is 4.74 Å². The van der Waals surface area contributed by atoms with Crippen LogP contribution in [0.3, 0.4) is 0 Å². The summed E-state index contributed by atoms with van der Waals surface area (Å²) < 4.78 is -1.99. The van der Waals surface area contributed by atoms with Crippen molar-refractivity contribution in [3.8, 4) is 17.1 Å². The number of ether oxygens (including phenoxy) is 1. The summed E-state index contributed by atoms with van der Waals surface area (Å²) in [7, 11) is 1.59. The lowest BCUT2D eigenvalue weighted by Crippen LogP contribution is -2.16. The minimum Gasteiger partial charge on any atom is -0.496 e. The molecule has 0 fully saturated rings. The minimum absolute atomic E-state index is 0.0821. The molecule has 0 atom stereocenters. The fraction of sp³-hybridized carbons (Fsp3) is 0.273. The molecule has 7 nitrogen and oxygen atoms in total. The number of nitrogens with zero attached hydrogens (tertiary/aromatic N) is 6. The highest BCUT2D eigenvalue weighted by Crippen LogP contribution is 2.42. The van der Waals surface area contributed by atoms with Crippen molar-refractivity contribution in [2.24, 2.45) is 0 Å². The number of aromatic nitrogens is 6. The molecule has 0 aliphatic rings. The topological polar surface area (TPSA) is 86.6 Å². The third kappa shape index (κ3) is 9.49. The zero-order valence-corrected chi connectivity index (χ0v) is 29.2. The fourth-order valence-corrected chi connectivity index (χ4v) is 4.14. The Morgan fingerprint density at radius 1 is 0.512 bits per heavy atom. The number of benzene rings is 2. The third-order valence-corrected chi connectivity index (χ3v) is 6.77. The Kier molecular flexibility index (Phi) is 11.7. The van der Waals surface area contributed by atoms with Gasteiger partial charge in [0.15, 0.2) is 29.1 Å². The quantitative estimate of drug-likeness (QED) is 0.187. The summed E-state index contributed by atoms with van der Waals surface area (Å²) in [6.07, 6.45) is 0. The second-order valence-electron chi connectivity index (χ2n) is 7.69. The molecule has 0 spiro atoms. The normalized spacial score (nSPS) is 12.6. The van der Waals surface area contributed by atoms with Crippen molar-refractivity contribution in [2.75, 3.05) is 7.11 Å². The van der Waals surface area contributed by atoms with Crippen molar-refractivity contribution in [3.63, 3.8) is 0 Å². The van der Waals surface area contributed by atoms with Gasteiger partial charge in [0, 0.05) is 10.9 Å². The maximum absolute atomic E-state index is 5.93. The minimum atomic E-state index is -1.91. The van der Waals surface area contributed by atoms with Gasteiger partial charge in [-0.05, 0) is 24.4 Å². The zero-order chi connectivity index (χ0) is 31.0. The van der Waals surface area contributed by atoms with E-state index >= 15 is 0 Å². The second kappa shape index (κ2) is 13.6. The molecule has 0 N–H and O–H groups in total. The van der Waals surface area contributed by atoms with Gasteiger partial charge in [-0.15, -0.1) is 0 Å². The summed E-state index contributed by atoms with van der Waals surface area (Å²) >= 11 is 69.2. The van der Waals surface area contributed by atoms with Crippen LogP contribution in [-0.2, 0) is 15.2 Å². The van der Waals surface area contributed by atoms with Crippen LogP contribution in [0.15, 0.2) is 36.4 Å². The number of aryl methyl sites for hydroxylation is 1. The lowest BCUT2D eigenvalue weighted by Gasteiger charge is -2.16. The lowest BCUT2D eigenvalue weighted by atomic mass is 10.0. The molecule has 4 rings (SSSR count). The summed E-state index contributed by atoms with van der Waals surface area (Å²) in [6, 6.07) is 11.1. The average molecular weight is 802 g/mol. The molecule has 2 aromatic heterocycles. The molecule has 0 amide bonds. The van der Waals surface area contributed by atoms with Crippen LogP contribution in [0.5, 0.6) is 5.75 Å². The summed E-state index contributed by atoms with van der Waals surface area (Å²) in [5.41, 5.74) is 0.648. The van der Waals surface area contributed by atoms with Gasteiger partial charge in [0.05, 0.1) is 7.11 Å². The van der Waals surface area contributed by atoms with Gasteiger partial charge in [-0.25, -0.2) is 29.9 Å². The van der Waals surface area contributed by atoms with Gasteiger partial charge in [-0.3, -0.25) is 0 Å². The Morgan fingerprint density at radius 3 is 1.29 bits per heavy atom. The molecule has 0 saturated carbocycles. The van der Waals surface area contributed by atoms with Gasteiger partial charge in [-0.2, -0.15) is 0 Å². The standard InChI is InChI=1S/C16H9Cl6N3O.C6H3Cl6N3/c1-26-11-7-6-10(8-4-2-3-5-9(8)11)12-23-13(15(17,18)19)25-14(24-12)16(20,21)22;1-2-13-3(5(7,8)9)15-4(14-2)6(10,11)12/h2-7H,1H3;1H3. The predicted molar refractivity (Wildman–Crippen MR) is 171 cm³/mol. The molecule has 0 radical (unpaired) electrons. The Balaban J connectivity index is 0.000000263. The van der Waals surface area contributed by atoms with E-state index in [1.165, 1.54) is 0 Å². The molecule has 4 aromatic rings. The molecule has 0 saturated heterocycles. The molecular weight excluding hydrogens is 790 g/mol. The smallest absolute Gasteiger partial charge is 0.250 e. The molecule has 0 unspecified atom stereocenters. The Morgan fingerprint density at radius 2 is 0.902 bits per heavy atom. The van der Waals surface area contributed by atoms with E-state index < -0.39 is 15.2 Å². The fourth-order valence-electron chi connectivity index (χ4n) is 3.13. The Hall–Kier alpha value is -0.000000000000000444. The van der Waals surface area contributed by atoms with Crippen molar-refractivity contribution < 1.29 is 4.74 Å². The van der Waals surface area contributed by atoms with E-state index in [1.54, 1.807) is 26.2 Å².